The van der Waals surface area contributed by atoms with Crippen LogP contribution in [0.15, 0.2) is 0 Å². The Labute approximate surface area is 130 Å². The molecule has 124 valence electrons. The Kier molecular flexibility index (Phi) is 13.5. The summed E-state index contributed by atoms with van der Waals surface area (Å²) in [5, 5.41) is 2.85. The highest BCUT2D eigenvalue weighted by molar-refractivity contribution is 5.80. The summed E-state index contributed by atoms with van der Waals surface area (Å²) in [7, 11) is 0. The van der Waals surface area contributed by atoms with Gasteiger partial charge in [0.25, 0.3) is 0 Å². The van der Waals surface area contributed by atoms with Crippen LogP contribution >= 0.6 is 0 Å². The topological polar surface area (TPSA) is 55.4 Å². The van der Waals surface area contributed by atoms with Gasteiger partial charge < -0.3 is 10.1 Å². The lowest BCUT2D eigenvalue weighted by Crippen LogP contribution is -2.26. The van der Waals surface area contributed by atoms with Crippen LogP contribution in [0.25, 0.3) is 0 Å². The van der Waals surface area contributed by atoms with Crippen molar-refractivity contribution in [3.05, 3.63) is 0 Å². The third kappa shape index (κ3) is 13.8. The van der Waals surface area contributed by atoms with Crippen LogP contribution in [-0.4, -0.2) is 31.4 Å². The molecule has 1 amide bonds. The van der Waals surface area contributed by atoms with Crippen molar-refractivity contribution in [2.45, 2.75) is 72.1 Å². The normalized spacial score (nSPS) is 10.9. The van der Waals surface area contributed by atoms with Crippen molar-refractivity contribution >= 4 is 11.7 Å². The fourth-order valence-electron chi connectivity index (χ4n) is 2.08. The van der Waals surface area contributed by atoms with E-state index in [4.69, 9.17) is 4.74 Å². The molecular formula is C17H33NO3. The molecule has 0 aliphatic carbocycles. The minimum Gasteiger partial charge on any atom is -0.380 e. The average molecular weight is 299 g/mol. The number of amides is 1. The second-order valence-electron chi connectivity index (χ2n) is 5.79. The lowest BCUT2D eigenvalue weighted by atomic mass is 10.0. The lowest BCUT2D eigenvalue weighted by Gasteiger charge is -2.06. The SMILES string of the molecule is CCOCCNC(=O)CCCCCCCCC(=O)C(C)C. The van der Waals surface area contributed by atoms with E-state index < -0.39 is 0 Å². The number of ketones is 1. The predicted molar refractivity (Wildman–Crippen MR) is 86.3 cm³/mol. The van der Waals surface area contributed by atoms with Gasteiger partial charge in [0.1, 0.15) is 5.78 Å². The highest BCUT2D eigenvalue weighted by Crippen LogP contribution is 2.10. The monoisotopic (exact) mass is 299 g/mol. The van der Waals surface area contributed by atoms with Crippen LogP contribution in [0.1, 0.15) is 72.1 Å². The average Bonchev–Trinajstić information content (AvgIpc) is 2.46. The first-order chi connectivity index (χ1) is 10.1. The Hall–Kier alpha value is -0.900. The largest absolute Gasteiger partial charge is 0.380 e. The summed E-state index contributed by atoms with van der Waals surface area (Å²) in [5.41, 5.74) is 0. The first-order valence-electron chi connectivity index (χ1n) is 8.45. The number of hydrogen-bond donors (Lipinski definition) is 1. The Morgan fingerprint density at radius 3 is 2.10 bits per heavy atom. The first kappa shape index (κ1) is 20.1. The van der Waals surface area contributed by atoms with Gasteiger partial charge in [0.2, 0.25) is 5.91 Å². The van der Waals surface area contributed by atoms with Crippen molar-refractivity contribution < 1.29 is 14.3 Å². The van der Waals surface area contributed by atoms with Gasteiger partial charge in [0, 0.05) is 31.9 Å². The molecule has 0 saturated carbocycles. The van der Waals surface area contributed by atoms with Crippen molar-refractivity contribution in [2.24, 2.45) is 5.92 Å². The molecule has 21 heavy (non-hydrogen) atoms. The molecule has 0 unspecified atom stereocenters. The molecule has 0 rings (SSSR count). The predicted octanol–water partition coefficient (Wildman–Crippen LogP) is 3.49. The summed E-state index contributed by atoms with van der Waals surface area (Å²) in [6, 6.07) is 0. The summed E-state index contributed by atoms with van der Waals surface area (Å²) < 4.78 is 5.16. The molecule has 0 aromatic carbocycles. The van der Waals surface area contributed by atoms with Crippen LogP contribution in [0.2, 0.25) is 0 Å². The summed E-state index contributed by atoms with van der Waals surface area (Å²) in [6.07, 6.45) is 7.83. The number of hydrogen-bond acceptors (Lipinski definition) is 3. The zero-order valence-corrected chi connectivity index (χ0v) is 14.1. The lowest BCUT2D eigenvalue weighted by molar-refractivity contribution is -0.122. The zero-order valence-electron chi connectivity index (χ0n) is 14.1. The van der Waals surface area contributed by atoms with Gasteiger partial charge >= 0.3 is 0 Å². The zero-order chi connectivity index (χ0) is 15.9. The minimum atomic E-state index is 0.122. The highest BCUT2D eigenvalue weighted by Gasteiger charge is 2.06. The van der Waals surface area contributed by atoms with E-state index in [0.717, 1.165) is 44.9 Å². The van der Waals surface area contributed by atoms with E-state index >= 15 is 0 Å². The van der Waals surface area contributed by atoms with E-state index in [1.54, 1.807) is 0 Å². The molecule has 0 aromatic rings. The smallest absolute Gasteiger partial charge is 0.220 e. The fraction of sp³-hybridized carbons (Fsp3) is 0.882. The van der Waals surface area contributed by atoms with Gasteiger partial charge in [-0.25, -0.2) is 0 Å². The third-order valence-electron chi connectivity index (χ3n) is 3.49. The molecule has 0 aliphatic rings. The number of nitrogens with one attached hydrogen (secondary N) is 1. The van der Waals surface area contributed by atoms with Crippen molar-refractivity contribution in [3.8, 4) is 0 Å². The molecule has 0 heterocycles. The fourth-order valence-corrected chi connectivity index (χ4v) is 2.08. The maximum absolute atomic E-state index is 11.5. The number of carbonyl (C=O) groups excluding carboxylic acids is 2. The van der Waals surface area contributed by atoms with Gasteiger partial charge in [0.05, 0.1) is 6.61 Å². The third-order valence-corrected chi connectivity index (χ3v) is 3.49. The molecule has 0 radical (unpaired) electrons. The van der Waals surface area contributed by atoms with Gasteiger partial charge in [0.15, 0.2) is 0 Å². The summed E-state index contributed by atoms with van der Waals surface area (Å²) in [4.78, 5) is 22.9. The van der Waals surface area contributed by atoms with Crippen LogP contribution in [-0.2, 0) is 14.3 Å². The molecular weight excluding hydrogens is 266 g/mol. The number of ether oxygens (including phenoxy) is 1. The van der Waals surface area contributed by atoms with E-state index in [9.17, 15) is 9.59 Å². The molecule has 4 heteroatoms. The molecule has 0 saturated heterocycles. The van der Waals surface area contributed by atoms with Crippen LogP contribution in [0.5, 0.6) is 0 Å². The van der Waals surface area contributed by atoms with Gasteiger partial charge in [-0.05, 0) is 19.8 Å². The maximum Gasteiger partial charge on any atom is 0.220 e. The Morgan fingerprint density at radius 1 is 0.952 bits per heavy atom. The van der Waals surface area contributed by atoms with E-state index in [1.807, 2.05) is 20.8 Å². The van der Waals surface area contributed by atoms with E-state index in [1.165, 1.54) is 0 Å². The molecule has 0 aromatic heterocycles. The van der Waals surface area contributed by atoms with Gasteiger partial charge in [-0.1, -0.05) is 39.5 Å². The Balaban J connectivity index is 3.25. The highest BCUT2D eigenvalue weighted by atomic mass is 16.5. The van der Waals surface area contributed by atoms with Gasteiger partial charge in [-0.3, -0.25) is 9.59 Å². The summed E-state index contributed by atoms with van der Waals surface area (Å²) in [6.45, 7) is 7.76. The molecule has 0 atom stereocenters. The molecule has 0 bridgehead atoms. The number of carbonyl (C=O) groups is 2. The van der Waals surface area contributed by atoms with E-state index in [0.29, 0.717) is 32.0 Å². The number of rotatable bonds is 14. The van der Waals surface area contributed by atoms with Crippen LogP contribution in [0.4, 0.5) is 0 Å². The van der Waals surface area contributed by atoms with E-state index in [2.05, 4.69) is 5.32 Å². The van der Waals surface area contributed by atoms with Gasteiger partial charge in [-0.2, -0.15) is 0 Å². The van der Waals surface area contributed by atoms with Crippen molar-refractivity contribution in [3.63, 3.8) is 0 Å². The van der Waals surface area contributed by atoms with Crippen molar-refractivity contribution in [2.75, 3.05) is 19.8 Å². The van der Waals surface area contributed by atoms with Crippen LogP contribution < -0.4 is 5.32 Å². The minimum absolute atomic E-state index is 0.122. The molecule has 0 aliphatic heterocycles. The molecule has 0 spiro atoms. The maximum atomic E-state index is 11.5. The summed E-state index contributed by atoms with van der Waals surface area (Å²) in [5.74, 6) is 0.669. The molecule has 1 N–H and O–H groups in total. The first-order valence-corrected chi connectivity index (χ1v) is 8.45. The number of unbranched alkanes of at least 4 members (excludes halogenated alkanes) is 5. The molecule has 4 nitrogen and oxygen atoms in total. The molecule has 0 fully saturated rings. The Morgan fingerprint density at radius 2 is 1.52 bits per heavy atom. The summed E-state index contributed by atoms with van der Waals surface area (Å²) >= 11 is 0. The van der Waals surface area contributed by atoms with E-state index in [-0.39, 0.29) is 11.8 Å². The van der Waals surface area contributed by atoms with Crippen molar-refractivity contribution in [1.82, 2.24) is 5.32 Å². The second-order valence-corrected chi connectivity index (χ2v) is 5.79. The van der Waals surface area contributed by atoms with Crippen LogP contribution in [0, 0.1) is 5.92 Å². The standard InChI is InChI=1S/C17H33NO3/c1-4-21-14-13-18-17(20)12-10-8-6-5-7-9-11-16(19)15(2)3/h15H,4-14H2,1-3H3,(H,18,20). The number of Topliss-reactive ketones (excluding diaryl/α,β-unsaturated/α-hetero) is 1. The van der Waals surface area contributed by atoms with Gasteiger partial charge in [-0.15, -0.1) is 0 Å². The second kappa shape index (κ2) is 14.1. The van der Waals surface area contributed by atoms with Crippen molar-refractivity contribution in [1.29, 1.82) is 0 Å². The quantitative estimate of drug-likeness (QED) is 0.500. The Bertz CT molecular complexity index is 277. The van der Waals surface area contributed by atoms with Crippen LogP contribution in [0.3, 0.4) is 0 Å².